The van der Waals surface area contributed by atoms with Crippen molar-refractivity contribution >= 4 is 45.9 Å². The van der Waals surface area contributed by atoms with E-state index in [0.29, 0.717) is 10.9 Å². The maximum absolute atomic E-state index is 12.9. The molecule has 3 aromatic rings. The summed E-state index contributed by atoms with van der Waals surface area (Å²) >= 11 is 4.74. The van der Waals surface area contributed by atoms with Gasteiger partial charge in [0.15, 0.2) is 5.13 Å². The van der Waals surface area contributed by atoms with E-state index < -0.39 is 0 Å². The SMILES string of the molecule is O=C(CSCc1ccccc1)Nc1nc(CSCc2ccc(F)cc2)cs1. The van der Waals surface area contributed by atoms with Crippen molar-refractivity contribution < 1.29 is 9.18 Å². The van der Waals surface area contributed by atoms with Crippen molar-refractivity contribution in [2.45, 2.75) is 17.3 Å². The lowest BCUT2D eigenvalue weighted by molar-refractivity contribution is -0.113. The molecule has 1 amide bonds. The van der Waals surface area contributed by atoms with Gasteiger partial charge in [0.05, 0.1) is 11.4 Å². The molecular formula is C20H19FN2OS3. The van der Waals surface area contributed by atoms with Gasteiger partial charge in [-0.25, -0.2) is 9.37 Å². The van der Waals surface area contributed by atoms with Gasteiger partial charge >= 0.3 is 0 Å². The molecule has 0 aliphatic carbocycles. The van der Waals surface area contributed by atoms with Gasteiger partial charge in [-0.1, -0.05) is 42.5 Å². The number of benzene rings is 2. The predicted molar refractivity (Wildman–Crippen MR) is 115 cm³/mol. The zero-order valence-electron chi connectivity index (χ0n) is 14.6. The van der Waals surface area contributed by atoms with Gasteiger partial charge in [-0.3, -0.25) is 4.79 Å². The average molecular weight is 419 g/mol. The molecule has 2 aromatic carbocycles. The summed E-state index contributed by atoms with van der Waals surface area (Å²) in [7, 11) is 0. The van der Waals surface area contributed by atoms with Crippen molar-refractivity contribution in [2.24, 2.45) is 0 Å². The molecule has 1 N–H and O–H groups in total. The Labute approximate surface area is 170 Å². The number of nitrogens with zero attached hydrogens (tertiary/aromatic N) is 1. The minimum Gasteiger partial charge on any atom is -0.301 e. The van der Waals surface area contributed by atoms with Crippen LogP contribution in [0.3, 0.4) is 0 Å². The van der Waals surface area contributed by atoms with Crippen LogP contribution in [0.1, 0.15) is 16.8 Å². The summed E-state index contributed by atoms with van der Waals surface area (Å²) in [5.41, 5.74) is 3.24. The Bertz CT molecular complexity index is 853. The van der Waals surface area contributed by atoms with Gasteiger partial charge in [-0.15, -0.1) is 23.1 Å². The normalized spacial score (nSPS) is 10.7. The summed E-state index contributed by atoms with van der Waals surface area (Å²) in [6.07, 6.45) is 0. The van der Waals surface area contributed by atoms with Crippen molar-refractivity contribution in [1.29, 1.82) is 0 Å². The number of hydrogen-bond acceptors (Lipinski definition) is 5. The van der Waals surface area contributed by atoms with Crippen LogP contribution in [0, 0.1) is 5.82 Å². The fraction of sp³-hybridized carbons (Fsp3) is 0.200. The topological polar surface area (TPSA) is 42.0 Å². The Hall–Kier alpha value is -1.83. The van der Waals surface area contributed by atoms with E-state index in [9.17, 15) is 9.18 Å². The molecule has 27 heavy (non-hydrogen) atoms. The third-order valence-corrected chi connectivity index (χ3v) is 6.42. The second kappa shape index (κ2) is 10.5. The molecule has 0 bridgehead atoms. The molecule has 3 nitrogen and oxygen atoms in total. The summed E-state index contributed by atoms with van der Waals surface area (Å²) in [6, 6.07) is 16.6. The summed E-state index contributed by atoms with van der Waals surface area (Å²) in [5, 5.41) is 5.46. The number of anilines is 1. The highest BCUT2D eigenvalue weighted by Crippen LogP contribution is 2.22. The van der Waals surface area contributed by atoms with Crippen LogP contribution in [-0.4, -0.2) is 16.6 Å². The summed E-state index contributed by atoms with van der Waals surface area (Å²) < 4.78 is 12.9. The van der Waals surface area contributed by atoms with Crippen molar-refractivity contribution in [1.82, 2.24) is 4.98 Å². The fourth-order valence-electron chi connectivity index (χ4n) is 2.28. The summed E-state index contributed by atoms with van der Waals surface area (Å²) in [4.78, 5) is 16.5. The number of aromatic nitrogens is 1. The summed E-state index contributed by atoms with van der Waals surface area (Å²) in [5.74, 6) is 2.53. The highest BCUT2D eigenvalue weighted by atomic mass is 32.2. The zero-order valence-corrected chi connectivity index (χ0v) is 17.0. The van der Waals surface area contributed by atoms with Gasteiger partial charge in [0.2, 0.25) is 5.91 Å². The number of amides is 1. The molecular weight excluding hydrogens is 399 g/mol. The number of rotatable bonds is 9. The third kappa shape index (κ3) is 7.01. The minimum absolute atomic E-state index is 0.0317. The van der Waals surface area contributed by atoms with Crippen LogP contribution in [0.15, 0.2) is 60.0 Å². The molecule has 0 aliphatic rings. The van der Waals surface area contributed by atoms with E-state index in [0.717, 1.165) is 28.5 Å². The van der Waals surface area contributed by atoms with Crippen LogP contribution >= 0.6 is 34.9 Å². The first-order chi connectivity index (χ1) is 13.2. The molecule has 0 unspecified atom stereocenters. The molecule has 7 heteroatoms. The van der Waals surface area contributed by atoms with E-state index >= 15 is 0 Å². The molecule has 1 heterocycles. The van der Waals surface area contributed by atoms with Crippen LogP contribution in [0.2, 0.25) is 0 Å². The number of carbonyl (C=O) groups excluding carboxylic acids is 1. The molecule has 0 saturated carbocycles. The van der Waals surface area contributed by atoms with Crippen LogP contribution in [0.5, 0.6) is 0 Å². The number of carbonyl (C=O) groups is 1. The first-order valence-corrected chi connectivity index (χ1v) is 11.6. The largest absolute Gasteiger partial charge is 0.301 e. The minimum atomic E-state index is -0.217. The number of nitrogens with one attached hydrogen (secondary N) is 1. The molecule has 0 spiro atoms. The molecule has 140 valence electrons. The monoisotopic (exact) mass is 418 g/mol. The Balaban J connectivity index is 1.37. The maximum Gasteiger partial charge on any atom is 0.236 e. The lowest BCUT2D eigenvalue weighted by atomic mass is 10.2. The highest BCUT2D eigenvalue weighted by Gasteiger charge is 2.07. The van der Waals surface area contributed by atoms with Gasteiger partial charge in [0.25, 0.3) is 0 Å². The molecule has 0 saturated heterocycles. The van der Waals surface area contributed by atoms with Gasteiger partial charge in [0.1, 0.15) is 5.82 Å². The van der Waals surface area contributed by atoms with E-state index in [1.807, 2.05) is 23.6 Å². The molecule has 0 fully saturated rings. The summed E-state index contributed by atoms with van der Waals surface area (Å²) in [6.45, 7) is 0. The Morgan fingerprint density at radius 2 is 1.67 bits per heavy atom. The van der Waals surface area contributed by atoms with Crippen LogP contribution < -0.4 is 5.32 Å². The Morgan fingerprint density at radius 1 is 0.963 bits per heavy atom. The van der Waals surface area contributed by atoms with Gasteiger partial charge < -0.3 is 5.32 Å². The van der Waals surface area contributed by atoms with Crippen molar-refractivity contribution in [3.05, 3.63) is 82.6 Å². The quantitative estimate of drug-likeness (QED) is 0.492. The smallest absolute Gasteiger partial charge is 0.236 e. The lowest BCUT2D eigenvalue weighted by Gasteiger charge is -2.02. The molecule has 3 rings (SSSR count). The van der Waals surface area contributed by atoms with Gasteiger partial charge in [-0.2, -0.15) is 11.8 Å². The van der Waals surface area contributed by atoms with Crippen LogP contribution in [-0.2, 0) is 22.1 Å². The average Bonchev–Trinajstić information content (AvgIpc) is 3.11. The van der Waals surface area contributed by atoms with E-state index in [1.54, 1.807) is 35.7 Å². The third-order valence-electron chi connectivity index (χ3n) is 3.57. The Morgan fingerprint density at radius 3 is 2.44 bits per heavy atom. The predicted octanol–water partition coefficient (Wildman–Crippen LogP) is 5.59. The fourth-order valence-corrected chi connectivity index (χ4v) is 4.78. The van der Waals surface area contributed by atoms with E-state index in [1.165, 1.54) is 29.0 Å². The van der Waals surface area contributed by atoms with Crippen molar-refractivity contribution in [3.8, 4) is 0 Å². The molecule has 1 aromatic heterocycles. The van der Waals surface area contributed by atoms with Gasteiger partial charge in [0, 0.05) is 22.6 Å². The van der Waals surface area contributed by atoms with Crippen LogP contribution in [0.4, 0.5) is 9.52 Å². The van der Waals surface area contributed by atoms with Crippen molar-refractivity contribution in [2.75, 3.05) is 11.1 Å². The first kappa shape index (κ1) is 19.9. The van der Waals surface area contributed by atoms with E-state index in [2.05, 4.69) is 22.4 Å². The zero-order chi connectivity index (χ0) is 18.9. The van der Waals surface area contributed by atoms with Crippen molar-refractivity contribution in [3.63, 3.8) is 0 Å². The van der Waals surface area contributed by atoms with E-state index in [-0.39, 0.29) is 11.7 Å². The maximum atomic E-state index is 12.9. The second-order valence-corrected chi connectivity index (χ2v) is 8.62. The molecule has 0 atom stereocenters. The lowest BCUT2D eigenvalue weighted by Crippen LogP contribution is -2.14. The number of hydrogen-bond donors (Lipinski definition) is 1. The molecule has 0 radical (unpaired) electrons. The first-order valence-electron chi connectivity index (χ1n) is 8.37. The highest BCUT2D eigenvalue weighted by molar-refractivity contribution is 7.99. The van der Waals surface area contributed by atoms with Gasteiger partial charge in [-0.05, 0) is 23.3 Å². The standard InChI is InChI=1S/C20H19FN2OS3/c21-17-8-6-16(7-9-17)11-25-12-18-13-27-20(22-18)23-19(24)14-26-10-15-4-2-1-3-5-15/h1-9,13H,10-12,14H2,(H,22,23,24). The Kier molecular flexibility index (Phi) is 7.74. The second-order valence-electron chi connectivity index (χ2n) is 5.79. The number of thioether (sulfide) groups is 2. The number of thiazole rings is 1. The van der Waals surface area contributed by atoms with E-state index in [4.69, 9.17) is 0 Å². The van der Waals surface area contributed by atoms with Crippen LogP contribution in [0.25, 0.3) is 0 Å². The number of halogens is 1. The molecule has 0 aliphatic heterocycles.